The first-order valence-corrected chi connectivity index (χ1v) is 9.31. The van der Waals surface area contributed by atoms with Crippen molar-refractivity contribution in [1.29, 1.82) is 0 Å². The molecule has 6 nitrogen and oxygen atoms in total. The Labute approximate surface area is 157 Å². The van der Waals surface area contributed by atoms with Crippen molar-refractivity contribution in [2.75, 3.05) is 5.32 Å². The van der Waals surface area contributed by atoms with E-state index in [0.717, 1.165) is 38.2 Å². The molecule has 0 aliphatic rings. The Morgan fingerprint density at radius 1 is 1.11 bits per heavy atom. The quantitative estimate of drug-likeness (QED) is 0.478. The minimum absolute atomic E-state index is 0.0233. The van der Waals surface area contributed by atoms with E-state index in [-0.39, 0.29) is 11.9 Å². The van der Waals surface area contributed by atoms with Crippen LogP contribution in [0.15, 0.2) is 54.7 Å². The van der Waals surface area contributed by atoms with E-state index in [1.807, 2.05) is 37.4 Å². The lowest BCUT2D eigenvalue weighted by molar-refractivity contribution is 0.628. The van der Waals surface area contributed by atoms with Crippen molar-refractivity contribution in [3.63, 3.8) is 0 Å². The van der Waals surface area contributed by atoms with Crippen LogP contribution in [0.3, 0.4) is 0 Å². The van der Waals surface area contributed by atoms with Crippen molar-refractivity contribution in [3.05, 3.63) is 66.4 Å². The third-order valence-corrected chi connectivity index (χ3v) is 5.19. The highest BCUT2D eigenvalue weighted by Gasteiger charge is 2.15. The number of para-hydroxylation sites is 2. The number of hydrogen-bond donors (Lipinski definition) is 2. The number of halogens is 1. The van der Waals surface area contributed by atoms with Gasteiger partial charge in [-0.1, -0.05) is 23.5 Å². The molecular weight excluding hydrogens is 363 g/mol. The lowest BCUT2D eigenvalue weighted by Crippen LogP contribution is -2.08. The van der Waals surface area contributed by atoms with Gasteiger partial charge in [0.15, 0.2) is 0 Å². The SMILES string of the molecule is CC(Nc1nn2cc(-c3ccc(F)cc3)nc2s1)c1nc2ccccc2[nH]1. The molecule has 0 bridgehead atoms. The van der Waals surface area contributed by atoms with Crippen molar-refractivity contribution in [1.82, 2.24) is 24.6 Å². The molecule has 27 heavy (non-hydrogen) atoms. The highest BCUT2D eigenvalue weighted by molar-refractivity contribution is 7.20. The molecule has 8 heteroatoms. The van der Waals surface area contributed by atoms with Crippen molar-refractivity contribution in [2.45, 2.75) is 13.0 Å². The third kappa shape index (κ3) is 2.93. The van der Waals surface area contributed by atoms with Crippen LogP contribution in [0.1, 0.15) is 18.8 Å². The fraction of sp³-hybridized carbons (Fsp3) is 0.105. The summed E-state index contributed by atoms with van der Waals surface area (Å²) >= 11 is 1.46. The fourth-order valence-electron chi connectivity index (χ4n) is 2.95. The number of nitrogens with zero attached hydrogens (tertiary/aromatic N) is 4. The van der Waals surface area contributed by atoms with E-state index in [1.165, 1.54) is 23.5 Å². The first-order chi connectivity index (χ1) is 13.2. The number of rotatable bonds is 4. The number of aromatic amines is 1. The number of imidazole rings is 2. The zero-order chi connectivity index (χ0) is 18.4. The van der Waals surface area contributed by atoms with Gasteiger partial charge in [0.2, 0.25) is 10.1 Å². The molecular formula is C19H15FN6S. The Bertz CT molecular complexity index is 1170. The van der Waals surface area contributed by atoms with E-state index in [9.17, 15) is 4.39 Å². The molecule has 0 amide bonds. The number of anilines is 1. The lowest BCUT2D eigenvalue weighted by Gasteiger charge is -2.08. The van der Waals surface area contributed by atoms with Gasteiger partial charge in [-0.3, -0.25) is 0 Å². The summed E-state index contributed by atoms with van der Waals surface area (Å²) in [5.74, 6) is 0.597. The molecule has 5 aromatic rings. The van der Waals surface area contributed by atoms with Gasteiger partial charge in [-0.2, -0.15) is 0 Å². The van der Waals surface area contributed by atoms with Gasteiger partial charge in [-0.05, 0) is 43.3 Å². The van der Waals surface area contributed by atoms with Gasteiger partial charge in [-0.15, -0.1) is 5.10 Å². The number of H-pyrrole nitrogens is 1. The van der Waals surface area contributed by atoms with Crippen LogP contribution in [-0.4, -0.2) is 24.6 Å². The maximum atomic E-state index is 13.1. The number of nitrogens with one attached hydrogen (secondary N) is 2. The van der Waals surface area contributed by atoms with Gasteiger partial charge in [0.05, 0.1) is 29.0 Å². The number of hydrogen-bond acceptors (Lipinski definition) is 5. The van der Waals surface area contributed by atoms with E-state index in [4.69, 9.17) is 0 Å². The van der Waals surface area contributed by atoms with E-state index in [0.29, 0.717) is 0 Å². The molecule has 0 saturated carbocycles. The van der Waals surface area contributed by atoms with Gasteiger partial charge in [-0.25, -0.2) is 18.9 Å². The smallest absolute Gasteiger partial charge is 0.214 e. The second kappa shape index (κ2) is 6.17. The van der Waals surface area contributed by atoms with E-state index < -0.39 is 0 Å². The number of fused-ring (bicyclic) bond motifs is 2. The van der Waals surface area contributed by atoms with Crippen LogP contribution >= 0.6 is 11.3 Å². The largest absolute Gasteiger partial charge is 0.350 e. The van der Waals surface area contributed by atoms with Crippen molar-refractivity contribution in [2.24, 2.45) is 0 Å². The van der Waals surface area contributed by atoms with E-state index in [1.54, 1.807) is 16.6 Å². The second-order valence-corrected chi connectivity index (χ2v) is 7.23. The molecule has 0 radical (unpaired) electrons. The van der Waals surface area contributed by atoms with Crippen LogP contribution < -0.4 is 5.32 Å². The number of benzene rings is 2. The maximum Gasteiger partial charge on any atom is 0.214 e. The average molecular weight is 378 g/mol. The average Bonchev–Trinajstić information content (AvgIpc) is 3.34. The topological polar surface area (TPSA) is 70.9 Å². The molecule has 2 N–H and O–H groups in total. The first kappa shape index (κ1) is 16.0. The van der Waals surface area contributed by atoms with Gasteiger partial charge >= 0.3 is 0 Å². The Kier molecular flexibility index (Phi) is 3.64. The highest BCUT2D eigenvalue weighted by Crippen LogP contribution is 2.27. The molecule has 134 valence electrons. The Morgan fingerprint density at radius 3 is 2.70 bits per heavy atom. The molecule has 0 saturated heterocycles. The maximum absolute atomic E-state index is 13.1. The fourth-order valence-corrected chi connectivity index (χ4v) is 3.82. The second-order valence-electron chi connectivity index (χ2n) is 6.27. The molecule has 0 spiro atoms. The third-order valence-electron chi connectivity index (χ3n) is 4.34. The van der Waals surface area contributed by atoms with Crippen molar-refractivity contribution >= 4 is 32.5 Å². The van der Waals surface area contributed by atoms with Crippen LogP contribution in [0.25, 0.3) is 27.3 Å². The van der Waals surface area contributed by atoms with Gasteiger partial charge in [0.25, 0.3) is 0 Å². The molecule has 3 heterocycles. The Hall–Kier alpha value is -3.26. The van der Waals surface area contributed by atoms with Gasteiger partial charge in [0.1, 0.15) is 11.6 Å². The number of aromatic nitrogens is 5. The zero-order valence-electron chi connectivity index (χ0n) is 14.3. The van der Waals surface area contributed by atoms with E-state index >= 15 is 0 Å². The molecule has 1 unspecified atom stereocenters. The van der Waals surface area contributed by atoms with Gasteiger partial charge in [0, 0.05) is 5.56 Å². The standard InChI is InChI=1S/C19H15FN6S/c1-11(17-22-14-4-2-3-5-15(14)23-17)21-18-25-26-10-16(24-19(26)27-18)12-6-8-13(20)9-7-12/h2-11H,1H3,(H,21,25)(H,22,23). The zero-order valence-corrected chi connectivity index (χ0v) is 15.2. The summed E-state index contributed by atoms with van der Waals surface area (Å²) in [4.78, 5) is 13.3. The first-order valence-electron chi connectivity index (χ1n) is 8.49. The highest BCUT2D eigenvalue weighted by atomic mass is 32.1. The molecule has 0 fully saturated rings. The molecule has 1 atom stereocenters. The van der Waals surface area contributed by atoms with Crippen LogP contribution in [0, 0.1) is 5.82 Å². The summed E-state index contributed by atoms with van der Waals surface area (Å²) in [6, 6.07) is 14.2. The summed E-state index contributed by atoms with van der Waals surface area (Å²) in [5.41, 5.74) is 3.59. The van der Waals surface area contributed by atoms with Crippen LogP contribution in [-0.2, 0) is 0 Å². The van der Waals surface area contributed by atoms with E-state index in [2.05, 4.69) is 25.4 Å². The Morgan fingerprint density at radius 2 is 1.93 bits per heavy atom. The molecule has 2 aromatic carbocycles. The van der Waals surface area contributed by atoms with Crippen LogP contribution in [0.4, 0.5) is 9.52 Å². The summed E-state index contributed by atoms with van der Waals surface area (Å²) in [5, 5.41) is 8.67. The van der Waals surface area contributed by atoms with Crippen LogP contribution in [0.2, 0.25) is 0 Å². The lowest BCUT2D eigenvalue weighted by atomic mass is 10.2. The van der Waals surface area contributed by atoms with Crippen LogP contribution in [0.5, 0.6) is 0 Å². The van der Waals surface area contributed by atoms with Crippen molar-refractivity contribution < 1.29 is 4.39 Å². The summed E-state index contributed by atoms with van der Waals surface area (Å²) in [6.07, 6.45) is 1.84. The predicted octanol–water partition coefficient (Wildman–Crippen LogP) is 4.65. The summed E-state index contributed by atoms with van der Waals surface area (Å²) in [7, 11) is 0. The predicted molar refractivity (Wildman–Crippen MR) is 104 cm³/mol. The Balaban J connectivity index is 1.38. The molecule has 3 aromatic heterocycles. The van der Waals surface area contributed by atoms with Crippen molar-refractivity contribution in [3.8, 4) is 11.3 Å². The summed E-state index contributed by atoms with van der Waals surface area (Å²) in [6.45, 7) is 2.03. The van der Waals surface area contributed by atoms with Gasteiger partial charge < -0.3 is 10.3 Å². The monoisotopic (exact) mass is 378 g/mol. The minimum atomic E-state index is -0.260. The normalized spacial score (nSPS) is 12.7. The minimum Gasteiger partial charge on any atom is -0.350 e. The molecule has 0 aliphatic carbocycles. The molecule has 0 aliphatic heterocycles. The molecule has 5 rings (SSSR count). The summed E-state index contributed by atoms with van der Waals surface area (Å²) < 4.78 is 14.8.